The van der Waals surface area contributed by atoms with E-state index in [0.717, 1.165) is 12.2 Å². The molecule has 0 radical (unpaired) electrons. The van der Waals surface area contributed by atoms with Gasteiger partial charge < -0.3 is 4.90 Å². The topological polar surface area (TPSA) is 75.4 Å². The zero-order valence-electron chi connectivity index (χ0n) is 9.26. The quantitative estimate of drug-likeness (QED) is 0.755. The summed E-state index contributed by atoms with van der Waals surface area (Å²) in [6.45, 7) is 3.73. The highest BCUT2D eigenvalue weighted by Gasteiger charge is 2.05. The summed E-state index contributed by atoms with van der Waals surface area (Å²) >= 11 is 0. The monoisotopic (exact) mass is 243 g/mol. The average molecular weight is 243 g/mol. The van der Waals surface area contributed by atoms with E-state index in [-0.39, 0.29) is 0 Å². The SMILES string of the molecule is CCN(CCNS(N)(=O)=O)c1ccccc1. The Bertz CT molecular complexity index is 405. The lowest BCUT2D eigenvalue weighted by Crippen LogP contribution is -2.38. The molecule has 0 aliphatic carbocycles. The van der Waals surface area contributed by atoms with Gasteiger partial charge in [-0.25, -0.2) is 9.86 Å². The van der Waals surface area contributed by atoms with Gasteiger partial charge in [-0.15, -0.1) is 0 Å². The van der Waals surface area contributed by atoms with E-state index in [9.17, 15) is 8.42 Å². The first-order chi connectivity index (χ1) is 7.53. The Balaban J connectivity index is 2.51. The Morgan fingerprint density at radius 3 is 2.44 bits per heavy atom. The number of hydrogen-bond donors (Lipinski definition) is 2. The predicted molar refractivity (Wildman–Crippen MR) is 65.4 cm³/mol. The fourth-order valence-electron chi connectivity index (χ4n) is 1.43. The van der Waals surface area contributed by atoms with Crippen molar-refractivity contribution < 1.29 is 8.42 Å². The maximum absolute atomic E-state index is 10.7. The number of rotatable bonds is 6. The largest absolute Gasteiger partial charge is 0.370 e. The first-order valence-corrected chi connectivity index (χ1v) is 6.65. The van der Waals surface area contributed by atoms with Crippen LogP contribution in [0.1, 0.15) is 6.92 Å². The maximum Gasteiger partial charge on any atom is 0.274 e. The highest BCUT2D eigenvalue weighted by atomic mass is 32.2. The molecule has 0 heterocycles. The average Bonchev–Trinajstić information content (AvgIpc) is 2.24. The number of likely N-dealkylation sites (N-methyl/N-ethyl adjacent to an activating group) is 1. The summed E-state index contributed by atoms with van der Waals surface area (Å²) in [6, 6.07) is 9.82. The summed E-state index contributed by atoms with van der Waals surface area (Å²) in [5.74, 6) is 0. The summed E-state index contributed by atoms with van der Waals surface area (Å²) in [6.07, 6.45) is 0. The second-order valence-corrected chi connectivity index (χ2v) is 4.73. The summed E-state index contributed by atoms with van der Waals surface area (Å²) < 4.78 is 23.6. The highest BCUT2D eigenvalue weighted by Crippen LogP contribution is 2.11. The number of nitrogens with zero attached hydrogens (tertiary/aromatic N) is 1. The van der Waals surface area contributed by atoms with Gasteiger partial charge in [0, 0.05) is 25.3 Å². The van der Waals surface area contributed by atoms with Crippen LogP contribution in [-0.4, -0.2) is 28.1 Å². The van der Waals surface area contributed by atoms with Gasteiger partial charge in [0.1, 0.15) is 0 Å². The van der Waals surface area contributed by atoms with Crippen molar-refractivity contribution in [2.24, 2.45) is 5.14 Å². The minimum atomic E-state index is -3.59. The third-order valence-corrected chi connectivity index (χ3v) is 2.79. The van der Waals surface area contributed by atoms with Gasteiger partial charge in [0.25, 0.3) is 10.2 Å². The van der Waals surface area contributed by atoms with Crippen LogP contribution in [0.2, 0.25) is 0 Å². The first-order valence-electron chi connectivity index (χ1n) is 5.10. The minimum Gasteiger partial charge on any atom is -0.370 e. The van der Waals surface area contributed by atoms with Gasteiger partial charge in [-0.05, 0) is 19.1 Å². The molecule has 6 heteroatoms. The van der Waals surface area contributed by atoms with Crippen LogP contribution < -0.4 is 14.8 Å². The Hall–Kier alpha value is -1.11. The molecule has 3 N–H and O–H groups in total. The standard InChI is InChI=1S/C10H17N3O2S/c1-2-13(9-8-12-16(11,14)15)10-6-4-3-5-7-10/h3-7,12H,2,8-9H2,1H3,(H2,11,14,15). The molecule has 0 saturated heterocycles. The number of para-hydroxylation sites is 1. The van der Waals surface area contributed by atoms with E-state index >= 15 is 0 Å². The molecule has 0 atom stereocenters. The molecule has 0 aliphatic rings. The molecular formula is C10H17N3O2S. The Morgan fingerprint density at radius 1 is 1.31 bits per heavy atom. The van der Waals surface area contributed by atoms with Crippen molar-refractivity contribution in [3.63, 3.8) is 0 Å². The number of nitrogens with one attached hydrogen (secondary N) is 1. The number of benzene rings is 1. The molecule has 0 bridgehead atoms. The smallest absolute Gasteiger partial charge is 0.274 e. The first kappa shape index (κ1) is 13.0. The molecule has 0 aliphatic heterocycles. The third-order valence-electron chi connectivity index (χ3n) is 2.19. The van der Waals surface area contributed by atoms with Gasteiger partial charge in [-0.3, -0.25) is 0 Å². The molecule has 0 saturated carbocycles. The van der Waals surface area contributed by atoms with Crippen LogP contribution in [0.4, 0.5) is 5.69 Å². The second-order valence-electron chi connectivity index (χ2n) is 3.35. The molecule has 1 aromatic rings. The van der Waals surface area contributed by atoms with Gasteiger partial charge in [0.05, 0.1) is 0 Å². The summed E-state index contributed by atoms with van der Waals surface area (Å²) in [7, 11) is -3.59. The van der Waals surface area contributed by atoms with E-state index in [1.165, 1.54) is 0 Å². The molecule has 16 heavy (non-hydrogen) atoms. The van der Waals surface area contributed by atoms with Crippen molar-refractivity contribution in [2.45, 2.75) is 6.92 Å². The second kappa shape index (κ2) is 5.83. The Morgan fingerprint density at radius 2 is 1.94 bits per heavy atom. The summed E-state index contributed by atoms with van der Waals surface area (Å²) in [5.41, 5.74) is 1.07. The van der Waals surface area contributed by atoms with Gasteiger partial charge in [0.15, 0.2) is 0 Å². The van der Waals surface area contributed by atoms with Crippen molar-refractivity contribution in [3.05, 3.63) is 30.3 Å². The molecule has 0 amide bonds. The fourth-order valence-corrected chi connectivity index (χ4v) is 1.81. The molecule has 0 unspecified atom stereocenters. The van der Waals surface area contributed by atoms with Crippen LogP contribution >= 0.6 is 0 Å². The Labute approximate surface area is 96.4 Å². The summed E-state index contributed by atoms with van der Waals surface area (Å²) in [5, 5.41) is 4.84. The molecule has 1 aromatic carbocycles. The van der Waals surface area contributed by atoms with Crippen LogP contribution in [0.3, 0.4) is 0 Å². The molecule has 0 fully saturated rings. The predicted octanol–water partition coefficient (Wildman–Crippen LogP) is 0.306. The number of nitrogens with two attached hydrogens (primary N) is 1. The maximum atomic E-state index is 10.7. The van der Waals surface area contributed by atoms with E-state index < -0.39 is 10.2 Å². The van der Waals surface area contributed by atoms with Gasteiger partial charge in [-0.1, -0.05) is 18.2 Å². The van der Waals surface area contributed by atoms with E-state index in [4.69, 9.17) is 5.14 Å². The molecule has 0 aromatic heterocycles. The van der Waals surface area contributed by atoms with E-state index in [0.29, 0.717) is 13.1 Å². The third kappa shape index (κ3) is 4.61. The molecule has 1 rings (SSSR count). The van der Waals surface area contributed by atoms with Crippen LogP contribution in [0.15, 0.2) is 30.3 Å². The van der Waals surface area contributed by atoms with E-state index in [1.54, 1.807) is 0 Å². The van der Waals surface area contributed by atoms with Crippen molar-refractivity contribution in [1.82, 2.24) is 4.72 Å². The van der Waals surface area contributed by atoms with Crippen LogP contribution in [-0.2, 0) is 10.2 Å². The molecule has 0 spiro atoms. The van der Waals surface area contributed by atoms with Crippen LogP contribution in [0, 0.1) is 0 Å². The molecule has 5 nitrogen and oxygen atoms in total. The fraction of sp³-hybridized carbons (Fsp3) is 0.400. The van der Waals surface area contributed by atoms with Crippen molar-refractivity contribution in [3.8, 4) is 0 Å². The number of hydrogen-bond acceptors (Lipinski definition) is 3. The minimum absolute atomic E-state index is 0.307. The zero-order chi connectivity index (χ0) is 12.0. The van der Waals surface area contributed by atoms with Crippen LogP contribution in [0.5, 0.6) is 0 Å². The highest BCUT2D eigenvalue weighted by molar-refractivity contribution is 7.87. The summed E-state index contributed by atoms with van der Waals surface area (Å²) in [4.78, 5) is 2.07. The van der Waals surface area contributed by atoms with Crippen molar-refractivity contribution in [1.29, 1.82) is 0 Å². The normalized spacial score (nSPS) is 11.4. The lowest BCUT2D eigenvalue weighted by atomic mass is 10.3. The van der Waals surface area contributed by atoms with Crippen molar-refractivity contribution in [2.75, 3.05) is 24.5 Å². The lowest BCUT2D eigenvalue weighted by molar-refractivity contribution is 0.582. The molecule has 90 valence electrons. The zero-order valence-corrected chi connectivity index (χ0v) is 10.1. The van der Waals surface area contributed by atoms with Crippen molar-refractivity contribution >= 4 is 15.9 Å². The van der Waals surface area contributed by atoms with Crippen LogP contribution in [0.25, 0.3) is 0 Å². The van der Waals surface area contributed by atoms with Gasteiger partial charge in [0.2, 0.25) is 0 Å². The van der Waals surface area contributed by atoms with E-state index in [2.05, 4.69) is 9.62 Å². The molecular weight excluding hydrogens is 226 g/mol. The Kier molecular flexibility index (Phi) is 4.72. The van der Waals surface area contributed by atoms with E-state index in [1.807, 2.05) is 37.3 Å². The number of anilines is 1. The van der Waals surface area contributed by atoms with Gasteiger partial charge in [-0.2, -0.15) is 8.42 Å². The van der Waals surface area contributed by atoms with Gasteiger partial charge >= 0.3 is 0 Å². The lowest BCUT2D eigenvalue weighted by Gasteiger charge is -2.22.